The van der Waals surface area contributed by atoms with Crippen LogP contribution in [0.4, 0.5) is 11.6 Å². The van der Waals surface area contributed by atoms with Crippen LogP contribution in [0.2, 0.25) is 0 Å². The first-order valence-corrected chi connectivity index (χ1v) is 14.0. The Morgan fingerprint density at radius 2 is 1.92 bits per heavy atom. The van der Waals surface area contributed by atoms with Crippen LogP contribution in [0, 0.1) is 0 Å². The number of nitrogens with zero attached hydrogens (tertiary/aromatic N) is 5. The standard InChI is InChI=1S/C29H38N8/c1-3-20(21-16-24(34-27(21)30-2)19-8-5-4-6-9-19)28-35-25-18-32-17-22(23-10-12-33-23)26(25)29(36-28)37-14-7-11-31-13-15-37/h3,16-19,23,31,33-34H,2,4-15H2,1H3/b20-3+. The maximum atomic E-state index is 5.30. The summed E-state index contributed by atoms with van der Waals surface area (Å²) < 4.78 is 0. The number of nitrogens with one attached hydrogen (secondary N) is 3. The van der Waals surface area contributed by atoms with Crippen LogP contribution < -0.4 is 15.5 Å². The molecule has 0 amide bonds. The van der Waals surface area contributed by atoms with Crippen molar-refractivity contribution in [2.24, 2.45) is 4.99 Å². The number of fused-ring (bicyclic) bond motifs is 1. The van der Waals surface area contributed by atoms with Gasteiger partial charge in [0.05, 0.1) is 17.1 Å². The van der Waals surface area contributed by atoms with Crippen LogP contribution in [0.25, 0.3) is 16.5 Å². The highest BCUT2D eigenvalue weighted by atomic mass is 15.2. The third kappa shape index (κ3) is 4.68. The van der Waals surface area contributed by atoms with Gasteiger partial charge in [0, 0.05) is 54.3 Å². The molecule has 37 heavy (non-hydrogen) atoms. The van der Waals surface area contributed by atoms with Gasteiger partial charge in [-0.1, -0.05) is 25.3 Å². The fourth-order valence-corrected chi connectivity index (χ4v) is 6.15. The van der Waals surface area contributed by atoms with Crippen molar-refractivity contribution in [2.75, 3.05) is 37.6 Å². The molecular weight excluding hydrogens is 460 g/mol. The molecule has 0 radical (unpaired) electrons. The number of rotatable bonds is 6. The number of aromatic nitrogens is 4. The molecule has 0 aromatic carbocycles. The second kappa shape index (κ2) is 10.7. The minimum absolute atomic E-state index is 0.315. The second-order valence-electron chi connectivity index (χ2n) is 10.6. The molecule has 3 aromatic rings. The molecule has 0 spiro atoms. The Bertz CT molecular complexity index is 1290. The molecule has 3 fully saturated rings. The van der Waals surface area contributed by atoms with E-state index in [2.05, 4.69) is 56.3 Å². The molecule has 8 heteroatoms. The largest absolute Gasteiger partial charge is 0.355 e. The van der Waals surface area contributed by atoms with Crippen molar-refractivity contribution in [3.05, 3.63) is 47.2 Å². The lowest BCUT2D eigenvalue weighted by Crippen LogP contribution is -2.36. The molecule has 0 bridgehead atoms. The molecule has 1 saturated carbocycles. The molecule has 1 aliphatic carbocycles. The van der Waals surface area contributed by atoms with Gasteiger partial charge in [-0.2, -0.15) is 0 Å². The van der Waals surface area contributed by atoms with E-state index < -0.39 is 0 Å². The van der Waals surface area contributed by atoms with E-state index in [0.717, 1.165) is 85.1 Å². The number of H-pyrrole nitrogens is 1. The van der Waals surface area contributed by atoms with Crippen LogP contribution in [0.5, 0.6) is 0 Å². The molecule has 3 N–H and O–H groups in total. The van der Waals surface area contributed by atoms with E-state index in [0.29, 0.717) is 12.0 Å². The Morgan fingerprint density at radius 1 is 1.05 bits per heavy atom. The average molecular weight is 499 g/mol. The summed E-state index contributed by atoms with van der Waals surface area (Å²) in [5.74, 6) is 3.11. The van der Waals surface area contributed by atoms with Gasteiger partial charge in [-0.15, -0.1) is 0 Å². The normalized spacial score (nSPS) is 21.6. The van der Waals surface area contributed by atoms with Crippen molar-refractivity contribution >= 4 is 34.8 Å². The fraction of sp³-hybridized carbons (Fsp3) is 0.517. The van der Waals surface area contributed by atoms with E-state index >= 15 is 0 Å². The third-order valence-corrected chi connectivity index (χ3v) is 8.30. The number of hydrogen-bond donors (Lipinski definition) is 3. The van der Waals surface area contributed by atoms with E-state index in [4.69, 9.17) is 9.97 Å². The molecule has 3 aliphatic rings. The van der Waals surface area contributed by atoms with Gasteiger partial charge in [0.15, 0.2) is 5.82 Å². The van der Waals surface area contributed by atoms with E-state index in [1.165, 1.54) is 43.4 Å². The molecule has 194 valence electrons. The van der Waals surface area contributed by atoms with E-state index in [1.54, 1.807) is 0 Å². The lowest BCUT2D eigenvalue weighted by atomic mass is 9.87. The predicted octanol–water partition coefficient (Wildman–Crippen LogP) is 5.02. The number of anilines is 1. The Balaban J connectivity index is 1.48. The molecular formula is C29H38N8. The number of pyridine rings is 1. The third-order valence-electron chi connectivity index (χ3n) is 8.30. The maximum Gasteiger partial charge on any atom is 0.162 e. The Labute approximate surface area is 219 Å². The summed E-state index contributed by atoms with van der Waals surface area (Å²) in [6.45, 7) is 10.9. The van der Waals surface area contributed by atoms with Crippen molar-refractivity contribution < 1.29 is 0 Å². The highest BCUT2D eigenvalue weighted by molar-refractivity contribution is 5.95. The lowest BCUT2D eigenvalue weighted by Gasteiger charge is -2.31. The molecule has 1 atom stereocenters. The summed E-state index contributed by atoms with van der Waals surface area (Å²) in [4.78, 5) is 25.4. The SMILES string of the molecule is C=Nc1[nH]c(C2CCCCC2)cc1/C(=C\C)c1nc(N2CCCNCC2)c2c(C3CCN3)cncc2n1. The van der Waals surface area contributed by atoms with Gasteiger partial charge in [-0.25, -0.2) is 15.0 Å². The van der Waals surface area contributed by atoms with Gasteiger partial charge in [-0.3, -0.25) is 4.98 Å². The Morgan fingerprint density at radius 3 is 2.68 bits per heavy atom. The van der Waals surface area contributed by atoms with Crippen LogP contribution >= 0.6 is 0 Å². The predicted molar refractivity (Wildman–Crippen MR) is 151 cm³/mol. The van der Waals surface area contributed by atoms with Crippen molar-refractivity contribution in [3.63, 3.8) is 0 Å². The van der Waals surface area contributed by atoms with E-state index in [9.17, 15) is 0 Å². The highest BCUT2D eigenvalue weighted by Crippen LogP contribution is 2.40. The van der Waals surface area contributed by atoms with E-state index in [1.807, 2.05) is 12.4 Å². The molecule has 2 saturated heterocycles. The monoisotopic (exact) mass is 498 g/mol. The van der Waals surface area contributed by atoms with Crippen LogP contribution in [0.1, 0.15) is 86.5 Å². The zero-order chi connectivity index (χ0) is 25.2. The second-order valence-corrected chi connectivity index (χ2v) is 10.6. The number of allylic oxidation sites excluding steroid dienone is 1. The topological polar surface area (TPSA) is 94.1 Å². The summed E-state index contributed by atoms with van der Waals surface area (Å²) in [5, 5.41) is 8.22. The number of hydrogen-bond acceptors (Lipinski definition) is 7. The Hall–Kier alpha value is -3.10. The molecule has 5 heterocycles. The summed E-state index contributed by atoms with van der Waals surface area (Å²) in [7, 11) is 0. The lowest BCUT2D eigenvalue weighted by molar-refractivity contribution is 0.385. The summed E-state index contributed by atoms with van der Waals surface area (Å²) in [5.41, 5.74) is 5.39. The van der Waals surface area contributed by atoms with Crippen LogP contribution in [0.3, 0.4) is 0 Å². The highest BCUT2D eigenvalue weighted by Gasteiger charge is 2.27. The van der Waals surface area contributed by atoms with Crippen molar-refractivity contribution in [2.45, 2.75) is 63.8 Å². The van der Waals surface area contributed by atoms with Crippen molar-refractivity contribution in [3.8, 4) is 0 Å². The quantitative estimate of drug-likeness (QED) is 0.413. The molecule has 2 aliphatic heterocycles. The Kier molecular flexibility index (Phi) is 7.02. The smallest absolute Gasteiger partial charge is 0.162 e. The van der Waals surface area contributed by atoms with Gasteiger partial charge < -0.3 is 20.5 Å². The molecule has 6 rings (SSSR count). The summed E-state index contributed by atoms with van der Waals surface area (Å²) >= 11 is 0. The van der Waals surface area contributed by atoms with Gasteiger partial charge >= 0.3 is 0 Å². The summed E-state index contributed by atoms with van der Waals surface area (Å²) in [6, 6.07) is 2.58. The van der Waals surface area contributed by atoms with Gasteiger partial charge in [0.2, 0.25) is 0 Å². The van der Waals surface area contributed by atoms with Gasteiger partial charge in [-0.05, 0) is 64.4 Å². The number of aromatic amines is 1. The molecule has 3 aromatic heterocycles. The van der Waals surface area contributed by atoms with Crippen molar-refractivity contribution in [1.82, 2.24) is 30.6 Å². The first-order valence-electron chi connectivity index (χ1n) is 14.0. The van der Waals surface area contributed by atoms with Gasteiger partial charge in [0.25, 0.3) is 0 Å². The minimum atomic E-state index is 0.315. The van der Waals surface area contributed by atoms with E-state index in [-0.39, 0.29) is 0 Å². The van der Waals surface area contributed by atoms with Crippen molar-refractivity contribution in [1.29, 1.82) is 0 Å². The first-order chi connectivity index (χ1) is 18.3. The first kappa shape index (κ1) is 24.2. The zero-order valence-electron chi connectivity index (χ0n) is 21.9. The van der Waals surface area contributed by atoms with Crippen LogP contribution in [-0.4, -0.2) is 59.4 Å². The maximum absolute atomic E-state index is 5.30. The van der Waals surface area contributed by atoms with Crippen LogP contribution in [0.15, 0.2) is 29.5 Å². The average Bonchev–Trinajstić information content (AvgIpc) is 3.14. The molecule has 8 nitrogen and oxygen atoms in total. The zero-order valence-corrected chi connectivity index (χ0v) is 21.9. The van der Waals surface area contributed by atoms with Gasteiger partial charge in [0.1, 0.15) is 11.6 Å². The summed E-state index contributed by atoms with van der Waals surface area (Å²) in [6.07, 6.45) is 14.6. The molecule has 1 unspecified atom stereocenters. The fourth-order valence-electron chi connectivity index (χ4n) is 6.15. The minimum Gasteiger partial charge on any atom is -0.355 e. The van der Waals surface area contributed by atoms with Crippen LogP contribution in [-0.2, 0) is 0 Å². The number of aliphatic imine (C=N–C) groups is 1.